The van der Waals surface area contributed by atoms with Crippen molar-refractivity contribution in [3.8, 4) is 11.5 Å². The van der Waals surface area contributed by atoms with Crippen LogP contribution in [0.5, 0.6) is 11.5 Å². The highest BCUT2D eigenvalue weighted by molar-refractivity contribution is 5.81. The molecule has 2 atom stereocenters. The quantitative estimate of drug-likeness (QED) is 0.729. The average Bonchev–Trinajstić information content (AvgIpc) is 2.66. The summed E-state index contributed by atoms with van der Waals surface area (Å²) in [5.74, 6) is 1.40. The number of ether oxygens (including phenoxy) is 2. The molecule has 4 nitrogen and oxygen atoms in total. The molecule has 0 radical (unpaired) electrons. The van der Waals surface area contributed by atoms with Crippen molar-refractivity contribution in [2.24, 2.45) is 0 Å². The normalized spacial score (nSPS) is 12.9. The van der Waals surface area contributed by atoms with Crippen LogP contribution in [0.15, 0.2) is 48.5 Å². The zero-order chi connectivity index (χ0) is 18.9. The van der Waals surface area contributed by atoms with Crippen LogP contribution in [0.1, 0.15) is 38.3 Å². The van der Waals surface area contributed by atoms with Gasteiger partial charge in [-0.1, -0.05) is 43.7 Å². The highest BCUT2D eigenvalue weighted by Crippen LogP contribution is 2.16. The SMILES string of the molecule is CCc1ccc(O[C@H](CC)C(=O)N[C@H](C)COc2ccc(C)cc2)cc1. The van der Waals surface area contributed by atoms with E-state index in [0.717, 1.165) is 12.2 Å². The summed E-state index contributed by atoms with van der Waals surface area (Å²) in [5.41, 5.74) is 2.44. The molecular weight excluding hydrogens is 326 g/mol. The molecule has 2 aromatic carbocycles. The summed E-state index contributed by atoms with van der Waals surface area (Å²) in [7, 11) is 0. The Bertz CT molecular complexity index is 680. The number of carbonyl (C=O) groups is 1. The lowest BCUT2D eigenvalue weighted by atomic mass is 10.1. The molecule has 0 bridgehead atoms. The Morgan fingerprint density at radius 1 is 1.00 bits per heavy atom. The first-order valence-corrected chi connectivity index (χ1v) is 9.27. The lowest BCUT2D eigenvalue weighted by molar-refractivity contribution is -0.128. The first-order valence-electron chi connectivity index (χ1n) is 9.27. The van der Waals surface area contributed by atoms with Gasteiger partial charge in [-0.3, -0.25) is 4.79 Å². The van der Waals surface area contributed by atoms with Gasteiger partial charge in [-0.2, -0.15) is 0 Å². The summed E-state index contributed by atoms with van der Waals surface area (Å²) in [6.45, 7) is 8.43. The Morgan fingerprint density at radius 3 is 2.19 bits per heavy atom. The van der Waals surface area contributed by atoms with Gasteiger partial charge in [0, 0.05) is 0 Å². The van der Waals surface area contributed by atoms with Gasteiger partial charge in [-0.25, -0.2) is 0 Å². The molecule has 2 aromatic rings. The van der Waals surface area contributed by atoms with E-state index < -0.39 is 6.10 Å². The van der Waals surface area contributed by atoms with E-state index in [4.69, 9.17) is 9.47 Å². The van der Waals surface area contributed by atoms with Gasteiger partial charge in [0.2, 0.25) is 0 Å². The molecular formula is C22H29NO3. The molecule has 0 aliphatic heterocycles. The Kier molecular flexibility index (Phi) is 7.52. The van der Waals surface area contributed by atoms with Gasteiger partial charge in [-0.15, -0.1) is 0 Å². The number of hydrogen-bond acceptors (Lipinski definition) is 3. The van der Waals surface area contributed by atoms with Gasteiger partial charge in [-0.05, 0) is 56.5 Å². The molecule has 26 heavy (non-hydrogen) atoms. The highest BCUT2D eigenvalue weighted by atomic mass is 16.5. The second kappa shape index (κ2) is 9.85. The molecule has 1 N–H and O–H groups in total. The largest absolute Gasteiger partial charge is 0.491 e. The van der Waals surface area contributed by atoms with Gasteiger partial charge in [0.05, 0.1) is 6.04 Å². The van der Waals surface area contributed by atoms with Crippen molar-refractivity contribution in [3.05, 3.63) is 59.7 Å². The maximum atomic E-state index is 12.5. The molecule has 1 amide bonds. The molecule has 2 rings (SSSR count). The summed E-state index contributed by atoms with van der Waals surface area (Å²) >= 11 is 0. The van der Waals surface area contributed by atoms with Gasteiger partial charge in [0.1, 0.15) is 18.1 Å². The molecule has 0 heterocycles. The van der Waals surface area contributed by atoms with Crippen molar-refractivity contribution >= 4 is 5.91 Å². The summed E-state index contributed by atoms with van der Waals surface area (Å²) in [6.07, 6.45) is 1.08. The van der Waals surface area contributed by atoms with E-state index in [0.29, 0.717) is 18.8 Å². The van der Waals surface area contributed by atoms with Crippen LogP contribution in [0.4, 0.5) is 0 Å². The fourth-order valence-electron chi connectivity index (χ4n) is 2.52. The number of carbonyl (C=O) groups excluding carboxylic acids is 1. The molecule has 140 valence electrons. The van der Waals surface area contributed by atoms with Crippen molar-refractivity contribution in [2.75, 3.05) is 6.61 Å². The summed E-state index contributed by atoms with van der Waals surface area (Å²) in [6, 6.07) is 15.6. The minimum atomic E-state index is -0.510. The molecule has 0 aromatic heterocycles. The second-order valence-corrected chi connectivity index (χ2v) is 6.55. The molecule has 0 aliphatic rings. The van der Waals surface area contributed by atoms with Crippen LogP contribution in [0, 0.1) is 6.92 Å². The van der Waals surface area contributed by atoms with E-state index in [1.807, 2.05) is 69.3 Å². The molecule has 0 fully saturated rings. The predicted molar refractivity (Wildman–Crippen MR) is 105 cm³/mol. The van der Waals surface area contributed by atoms with Crippen LogP contribution in [-0.2, 0) is 11.2 Å². The van der Waals surface area contributed by atoms with E-state index in [1.54, 1.807) is 0 Å². The van der Waals surface area contributed by atoms with Gasteiger partial charge in [0.15, 0.2) is 6.10 Å². The van der Waals surface area contributed by atoms with Crippen molar-refractivity contribution in [1.29, 1.82) is 0 Å². The molecule has 0 saturated carbocycles. The van der Waals surface area contributed by atoms with Crippen LogP contribution in [0.2, 0.25) is 0 Å². The fourth-order valence-corrected chi connectivity index (χ4v) is 2.52. The zero-order valence-electron chi connectivity index (χ0n) is 16.1. The van der Waals surface area contributed by atoms with Crippen molar-refractivity contribution in [3.63, 3.8) is 0 Å². The highest BCUT2D eigenvalue weighted by Gasteiger charge is 2.20. The first kappa shape index (κ1) is 19.8. The molecule has 0 saturated heterocycles. The number of rotatable bonds is 9. The smallest absolute Gasteiger partial charge is 0.261 e. The molecule has 4 heteroatoms. The average molecular weight is 355 g/mol. The van der Waals surface area contributed by atoms with Crippen molar-refractivity contribution in [1.82, 2.24) is 5.32 Å². The summed E-state index contributed by atoms with van der Waals surface area (Å²) in [5, 5.41) is 2.97. The lowest BCUT2D eigenvalue weighted by Gasteiger charge is -2.21. The molecule has 0 spiro atoms. The van der Waals surface area contributed by atoms with Crippen LogP contribution >= 0.6 is 0 Å². The lowest BCUT2D eigenvalue weighted by Crippen LogP contribution is -2.44. The monoisotopic (exact) mass is 355 g/mol. The Labute approximate surface area is 156 Å². The maximum Gasteiger partial charge on any atom is 0.261 e. The van der Waals surface area contributed by atoms with E-state index in [9.17, 15) is 4.79 Å². The Morgan fingerprint density at radius 2 is 1.62 bits per heavy atom. The number of hydrogen-bond donors (Lipinski definition) is 1. The van der Waals surface area contributed by atoms with Crippen LogP contribution in [0.3, 0.4) is 0 Å². The van der Waals surface area contributed by atoms with Crippen molar-refractivity contribution < 1.29 is 14.3 Å². The van der Waals surface area contributed by atoms with E-state index in [2.05, 4.69) is 12.2 Å². The predicted octanol–water partition coefficient (Wildman–Crippen LogP) is 4.30. The minimum absolute atomic E-state index is 0.107. The third kappa shape index (κ3) is 6.10. The van der Waals surface area contributed by atoms with Crippen LogP contribution < -0.4 is 14.8 Å². The minimum Gasteiger partial charge on any atom is -0.491 e. The third-order valence-electron chi connectivity index (χ3n) is 4.18. The topological polar surface area (TPSA) is 47.6 Å². The van der Waals surface area contributed by atoms with Crippen LogP contribution in [0.25, 0.3) is 0 Å². The summed E-state index contributed by atoms with van der Waals surface area (Å²) in [4.78, 5) is 12.5. The third-order valence-corrected chi connectivity index (χ3v) is 4.18. The number of nitrogens with one attached hydrogen (secondary N) is 1. The zero-order valence-corrected chi connectivity index (χ0v) is 16.1. The van der Waals surface area contributed by atoms with E-state index >= 15 is 0 Å². The Balaban J connectivity index is 1.83. The number of amides is 1. The molecule has 0 unspecified atom stereocenters. The molecule has 0 aliphatic carbocycles. The fraction of sp³-hybridized carbons (Fsp3) is 0.409. The van der Waals surface area contributed by atoms with E-state index in [-0.39, 0.29) is 11.9 Å². The Hall–Kier alpha value is -2.49. The summed E-state index contributed by atoms with van der Waals surface area (Å²) < 4.78 is 11.6. The second-order valence-electron chi connectivity index (χ2n) is 6.55. The number of aryl methyl sites for hydroxylation is 2. The van der Waals surface area contributed by atoms with Crippen LogP contribution in [-0.4, -0.2) is 24.7 Å². The maximum absolute atomic E-state index is 12.5. The standard InChI is InChI=1S/C22H29NO3/c1-5-18-9-13-20(14-10-18)26-21(6-2)22(24)23-17(4)15-25-19-11-7-16(3)8-12-19/h7-14,17,21H,5-6,15H2,1-4H3,(H,23,24)/t17-,21-/m1/s1. The van der Waals surface area contributed by atoms with Gasteiger partial charge in [0.25, 0.3) is 5.91 Å². The number of benzene rings is 2. The first-order chi connectivity index (χ1) is 12.5. The van der Waals surface area contributed by atoms with Gasteiger partial charge < -0.3 is 14.8 Å². The van der Waals surface area contributed by atoms with E-state index in [1.165, 1.54) is 11.1 Å². The van der Waals surface area contributed by atoms with Crippen molar-refractivity contribution in [2.45, 2.75) is 52.7 Å². The van der Waals surface area contributed by atoms with Gasteiger partial charge >= 0.3 is 0 Å².